The van der Waals surface area contributed by atoms with Crippen LogP contribution in [0.1, 0.15) is 36.0 Å². The van der Waals surface area contributed by atoms with Crippen LogP contribution in [0.15, 0.2) is 97.1 Å². The first kappa shape index (κ1) is 27.4. The van der Waals surface area contributed by atoms with Crippen molar-refractivity contribution < 1.29 is 18.9 Å². The summed E-state index contributed by atoms with van der Waals surface area (Å²) in [5, 5.41) is 6.00. The molecule has 1 aliphatic heterocycles. The molecule has 5 heteroatoms. The number of nitrogens with one attached hydrogen (secondary N) is 1. The second-order valence-electron chi connectivity index (χ2n) is 10.0. The Kier molecular flexibility index (Phi) is 9.99. The average Bonchev–Trinajstić information content (AvgIpc) is 2.99. The molecule has 0 amide bonds. The van der Waals surface area contributed by atoms with Crippen molar-refractivity contribution in [2.45, 2.75) is 44.7 Å². The molecule has 1 heterocycles. The monoisotopic (exact) mass is 525 g/mol. The van der Waals surface area contributed by atoms with Crippen LogP contribution in [0.4, 0.5) is 0 Å². The van der Waals surface area contributed by atoms with E-state index in [1.54, 1.807) is 0 Å². The van der Waals surface area contributed by atoms with E-state index in [2.05, 4.69) is 91.1 Å². The van der Waals surface area contributed by atoms with E-state index in [1.165, 1.54) is 27.5 Å². The Morgan fingerprint density at radius 1 is 0.692 bits per heavy atom. The lowest BCUT2D eigenvalue weighted by atomic mass is 9.85. The smallest absolute Gasteiger partial charge is 0.119 e. The van der Waals surface area contributed by atoms with E-state index in [0.717, 1.165) is 25.3 Å². The van der Waals surface area contributed by atoms with Gasteiger partial charge in [0.25, 0.3) is 0 Å². The molecule has 1 N–H and O–H groups in total. The van der Waals surface area contributed by atoms with Crippen LogP contribution in [0.3, 0.4) is 0 Å². The van der Waals surface area contributed by atoms with Gasteiger partial charge in [-0.2, -0.15) is 0 Å². The van der Waals surface area contributed by atoms with Gasteiger partial charge in [0.05, 0.1) is 38.6 Å². The van der Waals surface area contributed by atoms with E-state index >= 15 is 0 Å². The van der Waals surface area contributed by atoms with Crippen molar-refractivity contribution in [3.63, 3.8) is 0 Å². The van der Waals surface area contributed by atoms with E-state index in [0.29, 0.717) is 33.0 Å². The van der Waals surface area contributed by atoms with E-state index in [4.69, 9.17) is 18.9 Å². The Hall–Kier alpha value is -3.22. The van der Waals surface area contributed by atoms with Gasteiger partial charge in [-0.25, -0.2) is 0 Å². The molecule has 0 aliphatic carbocycles. The zero-order chi connectivity index (χ0) is 26.7. The number of ether oxygens (including phenoxy) is 4. The standard InChI is InChI=1S/C34H39NO4/c1-2-37-32-22-35-23-33(39-25-27-13-14-28-11-6-7-12-30(28)21-27)34(32)29-15-17-31(18-16-29)38-20-8-19-36-24-26-9-4-3-5-10-26/h3-7,9-18,21,32-35H,2,8,19-20,22-25H2,1H3. The van der Waals surface area contributed by atoms with Crippen LogP contribution in [0.2, 0.25) is 0 Å². The van der Waals surface area contributed by atoms with Crippen molar-refractivity contribution in [2.75, 3.05) is 32.9 Å². The minimum Gasteiger partial charge on any atom is -0.494 e. The van der Waals surface area contributed by atoms with Crippen molar-refractivity contribution in [3.05, 3.63) is 114 Å². The van der Waals surface area contributed by atoms with E-state index in [-0.39, 0.29) is 18.1 Å². The largest absolute Gasteiger partial charge is 0.494 e. The van der Waals surface area contributed by atoms with Gasteiger partial charge in [-0.15, -0.1) is 0 Å². The average molecular weight is 526 g/mol. The maximum atomic E-state index is 6.54. The predicted molar refractivity (Wildman–Crippen MR) is 156 cm³/mol. The highest BCUT2D eigenvalue weighted by Gasteiger charge is 2.35. The number of hydrogen-bond acceptors (Lipinski definition) is 5. The van der Waals surface area contributed by atoms with Crippen molar-refractivity contribution in [2.24, 2.45) is 0 Å². The molecule has 0 aromatic heterocycles. The Bertz CT molecular complexity index is 1280. The Balaban J connectivity index is 1.16. The lowest BCUT2D eigenvalue weighted by Crippen LogP contribution is -2.50. The quantitative estimate of drug-likeness (QED) is 0.202. The summed E-state index contributed by atoms with van der Waals surface area (Å²) in [5.74, 6) is 1.02. The third kappa shape index (κ3) is 7.68. The number of benzene rings is 4. The fourth-order valence-electron chi connectivity index (χ4n) is 5.26. The number of fused-ring (bicyclic) bond motifs is 1. The van der Waals surface area contributed by atoms with E-state index < -0.39 is 0 Å². The van der Waals surface area contributed by atoms with Gasteiger partial charge in [0, 0.05) is 32.0 Å². The fraction of sp³-hybridized carbons (Fsp3) is 0.353. The van der Waals surface area contributed by atoms with Crippen molar-refractivity contribution in [1.29, 1.82) is 0 Å². The minimum atomic E-state index is 0.00954. The summed E-state index contributed by atoms with van der Waals surface area (Å²) < 4.78 is 24.5. The van der Waals surface area contributed by atoms with Gasteiger partial charge in [0.1, 0.15) is 5.75 Å². The summed E-state index contributed by atoms with van der Waals surface area (Å²) in [6, 6.07) is 33.7. The van der Waals surface area contributed by atoms with Gasteiger partial charge in [-0.1, -0.05) is 78.9 Å². The van der Waals surface area contributed by atoms with Gasteiger partial charge >= 0.3 is 0 Å². The summed E-state index contributed by atoms with van der Waals surface area (Å²) in [5.41, 5.74) is 3.59. The summed E-state index contributed by atoms with van der Waals surface area (Å²) in [6.45, 7) is 6.84. The number of piperidine rings is 1. The molecule has 3 atom stereocenters. The number of rotatable bonds is 13. The molecule has 39 heavy (non-hydrogen) atoms. The highest BCUT2D eigenvalue weighted by molar-refractivity contribution is 5.82. The summed E-state index contributed by atoms with van der Waals surface area (Å²) in [6.07, 6.45) is 0.911. The molecule has 0 saturated carbocycles. The second-order valence-corrected chi connectivity index (χ2v) is 10.0. The van der Waals surface area contributed by atoms with Gasteiger partial charge in [0.15, 0.2) is 0 Å². The zero-order valence-electron chi connectivity index (χ0n) is 22.8. The minimum absolute atomic E-state index is 0.00954. The lowest BCUT2D eigenvalue weighted by Gasteiger charge is -2.38. The molecule has 3 unspecified atom stereocenters. The molecule has 1 aliphatic rings. The highest BCUT2D eigenvalue weighted by Crippen LogP contribution is 2.32. The molecule has 1 fully saturated rings. The van der Waals surface area contributed by atoms with Crippen LogP contribution < -0.4 is 10.1 Å². The van der Waals surface area contributed by atoms with Crippen LogP contribution in [0.5, 0.6) is 5.75 Å². The molecule has 204 valence electrons. The first-order chi connectivity index (χ1) is 19.3. The van der Waals surface area contributed by atoms with Gasteiger partial charge in [-0.05, 0) is 52.6 Å². The molecule has 0 spiro atoms. The topological polar surface area (TPSA) is 49.0 Å². The normalized spacial score (nSPS) is 19.3. The summed E-state index contributed by atoms with van der Waals surface area (Å²) >= 11 is 0. The Labute approximate surface area is 232 Å². The Morgan fingerprint density at radius 2 is 1.44 bits per heavy atom. The van der Waals surface area contributed by atoms with Crippen LogP contribution in [0.25, 0.3) is 10.8 Å². The maximum absolute atomic E-state index is 6.54. The van der Waals surface area contributed by atoms with E-state index in [1.807, 2.05) is 18.2 Å². The first-order valence-electron chi connectivity index (χ1n) is 14.1. The molecule has 5 rings (SSSR count). The second kappa shape index (κ2) is 14.2. The molecule has 5 nitrogen and oxygen atoms in total. The number of hydrogen-bond donors (Lipinski definition) is 1. The molecule has 4 aromatic rings. The third-order valence-corrected chi connectivity index (χ3v) is 7.23. The van der Waals surface area contributed by atoms with Crippen LogP contribution in [0, 0.1) is 0 Å². The summed E-state index contributed by atoms with van der Waals surface area (Å²) in [7, 11) is 0. The Morgan fingerprint density at radius 3 is 2.23 bits per heavy atom. The fourth-order valence-corrected chi connectivity index (χ4v) is 5.26. The maximum Gasteiger partial charge on any atom is 0.119 e. The van der Waals surface area contributed by atoms with Crippen molar-refractivity contribution >= 4 is 10.8 Å². The van der Waals surface area contributed by atoms with Crippen molar-refractivity contribution in [1.82, 2.24) is 5.32 Å². The molecule has 0 bridgehead atoms. The third-order valence-electron chi connectivity index (χ3n) is 7.23. The van der Waals surface area contributed by atoms with E-state index in [9.17, 15) is 0 Å². The van der Waals surface area contributed by atoms with Crippen LogP contribution in [-0.2, 0) is 27.4 Å². The predicted octanol–water partition coefficient (Wildman–Crippen LogP) is 6.50. The SMILES string of the molecule is CCOC1CNCC(OCc2ccc3ccccc3c2)C1c1ccc(OCCCOCc2ccccc2)cc1. The van der Waals surface area contributed by atoms with Gasteiger partial charge in [-0.3, -0.25) is 0 Å². The zero-order valence-corrected chi connectivity index (χ0v) is 22.8. The molecule has 1 saturated heterocycles. The van der Waals surface area contributed by atoms with Crippen LogP contribution in [-0.4, -0.2) is 45.1 Å². The van der Waals surface area contributed by atoms with Crippen LogP contribution >= 0.6 is 0 Å². The molecular weight excluding hydrogens is 486 g/mol. The van der Waals surface area contributed by atoms with Gasteiger partial charge in [0.2, 0.25) is 0 Å². The summed E-state index contributed by atoms with van der Waals surface area (Å²) in [4.78, 5) is 0. The molecule has 4 aromatic carbocycles. The molecule has 0 radical (unpaired) electrons. The molecular formula is C34H39NO4. The first-order valence-corrected chi connectivity index (χ1v) is 14.1. The lowest BCUT2D eigenvalue weighted by molar-refractivity contribution is -0.0571. The van der Waals surface area contributed by atoms with Gasteiger partial charge < -0.3 is 24.3 Å². The van der Waals surface area contributed by atoms with Crippen molar-refractivity contribution in [3.8, 4) is 5.75 Å². The highest BCUT2D eigenvalue weighted by atomic mass is 16.5.